The highest BCUT2D eigenvalue weighted by atomic mass is 79.9. The number of carbonyl (C=O) groups is 1. The van der Waals surface area contributed by atoms with Crippen LogP contribution in [0.1, 0.15) is 6.92 Å². The third kappa shape index (κ3) is 4.53. The molecule has 140 valence electrons. The summed E-state index contributed by atoms with van der Waals surface area (Å²) in [5, 5.41) is 0. The number of rotatable bonds is 7. The zero-order valence-electron chi connectivity index (χ0n) is 14.1. The van der Waals surface area contributed by atoms with Crippen molar-refractivity contribution in [3.63, 3.8) is 0 Å². The van der Waals surface area contributed by atoms with Gasteiger partial charge < -0.3 is 9.47 Å². The molecule has 6 nitrogen and oxygen atoms in total. The Kier molecular flexibility index (Phi) is 6.60. The van der Waals surface area contributed by atoms with Gasteiger partial charge in [-0.1, -0.05) is 0 Å². The van der Waals surface area contributed by atoms with E-state index >= 15 is 0 Å². The van der Waals surface area contributed by atoms with Crippen molar-refractivity contribution in [2.75, 3.05) is 24.6 Å². The predicted molar refractivity (Wildman–Crippen MR) is 98.3 cm³/mol. The number of anilines is 1. The van der Waals surface area contributed by atoms with E-state index in [2.05, 4.69) is 15.9 Å². The lowest BCUT2D eigenvalue weighted by Gasteiger charge is -2.24. The molecule has 0 N–H and O–H groups in total. The van der Waals surface area contributed by atoms with Crippen molar-refractivity contribution in [3.05, 3.63) is 52.8 Å². The van der Waals surface area contributed by atoms with E-state index in [1.54, 1.807) is 6.92 Å². The van der Waals surface area contributed by atoms with Crippen LogP contribution in [-0.2, 0) is 19.6 Å². The SMILES string of the molecule is CCOC(=O)CN(c1ccc(F)cc1)S(=O)(=O)c1ccc(OC)c(Br)c1. The van der Waals surface area contributed by atoms with Gasteiger partial charge in [0.05, 0.1) is 28.8 Å². The van der Waals surface area contributed by atoms with Crippen LogP contribution in [0, 0.1) is 5.82 Å². The average molecular weight is 446 g/mol. The average Bonchev–Trinajstić information content (AvgIpc) is 2.60. The molecular formula is C17H17BrFNO5S. The number of benzene rings is 2. The van der Waals surface area contributed by atoms with Crippen LogP contribution in [0.5, 0.6) is 5.75 Å². The van der Waals surface area contributed by atoms with E-state index in [-0.39, 0.29) is 17.2 Å². The Morgan fingerprint density at radius 1 is 1.19 bits per heavy atom. The second kappa shape index (κ2) is 8.50. The Bertz CT molecular complexity index is 887. The van der Waals surface area contributed by atoms with Crippen LogP contribution in [-0.4, -0.2) is 34.6 Å². The molecule has 0 saturated carbocycles. The molecule has 0 aliphatic rings. The highest BCUT2D eigenvalue weighted by Gasteiger charge is 2.28. The molecule has 2 rings (SSSR count). The fraction of sp³-hybridized carbons (Fsp3) is 0.235. The molecule has 9 heteroatoms. The number of sulfonamides is 1. The number of methoxy groups -OCH3 is 1. The summed E-state index contributed by atoms with van der Waals surface area (Å²) in [6.45, 7) is 1.20. The minimum atomic E-state index is -4.10. The number of hydrogen-bond donors (Lipinski definition) is 0. The first kappa shape index (κ1) is 20.2. The summed E-state index contributed by atoms with van der Waals surface area (Å²) < 4.78 is 50.6. The first-order valence-corrected chi connectivity index (χ1v) is 9.80. The van der Waals surface area contributed by atoms with Crippen molar-refractivity contribution >= 4 is 37.6 Å². The zero-order valence-corrected chi connectivity index (χ0v) is 16.5. The van der Waals surface area contributed by atoms with Crippen molar-refractivity contribution in [2.45, 2.75) is 11.8 Å². The van der Waals surface area contributed by atoms with Crippen molar-refractivity contribution < 1.29 is 27.1 Å². The summed E-state index contributed by atoms with van der Waals surface area (Å²) in [7, 11) is -2.65. The van der Waals surface area contributed by atoms with E-state index in [4.69, 9.17) is 9.47 Å². The first-order chi connectivity index (χ1) is 12.3. The van der Waals surface area contributed by atoms with Crippen LogP contribution in [0.4, 0.5) is 10.1 Å². The molecule has 0 bridgehead atoms. The van der Waals surface area contributed by atoms with E-state index in [9.17, 15) is 17.6 Å². The van der Waals surface area contributed by atoms with Gasteiger partial charge in [-0.2, -0.15) is 0 Å². The number of hydrogen-bond acceptors (Lipinski definition) is 5. The summed E-state index contributed by atoms with van der Waals surface area (Å²) >= 11 is 3.24. The fourth-order valence-electron chi connectivity index (χ4n) is 2.18. The van der Waals surface area contributed by atoms with Crippen LogP contribution in [0.25, 0.3) is 0 Å². The van der Waals surface area contributed by atoms with E-state index in [1.165, 1.54) is 37.4 Å². The largest absolute Gasteiger partial charge is 0.496 e. The van der Waals surface area contributed by atoms with Crippen molar-refractivity contribution in [1.29, 1.82) is 0 Å². The Morgan fingerprint density at radius 2 is 1.85 bits per heavy atom. The van der Waals surface area contributed by atoms with Crippen LogP contribution in [0.15, 0.2) is 51.8 Å². The first-order valence-electron chi connectivity index (χ1n) is 7.57. The Labute approximate surface area is 159 Å². The van der Waals surface area contributed by atoms with E-state index < -0.39 is 28.4 Å². The summed E-state index contributed by atoms with van der Waals surface area (Å²) in [6.07, 6.45) is 0. The Morgan fingerprint density at radius 3 is 2.38 bits per heavy atom. The third-order valence-corrected chi connectivity index (χ3v) is 5.79. The highest BCUT2D eigenvalue weighted by molar-refractivity contribution is 9.10. The number of nitrogens with zero attached hydrogens (tertiary/aromatic N) is 1. The molecule has 0 saturated heterocycles. The van der Waals surface area contributed by atoms with Crippen LogP contribution >= 0.6 is 15.9 Å². The van der Waals surface area contributed by atoms with E-state index in [0.29, 0.717) is 10.2 Å². The predicted octanol–water partition coefficient (Wildman–Crippen LogP) is 3.36. The monoisotopic (exact) mass is 445 g/mol. The minimum Gasteiger partial charge on any atom is -0.496 e. The van der Waals surface area contributed by atoms with Crippen LogP contribution in [0.2, 0.25) is 0 Å². The number of halogens is 2. The molecule has 0 unspecified atom stereocenters. The van der Waals surface area contributed by atoms with Gasteiger partial charge in [0.25, 0.3) is 10.0 Å². The molecule has 0 radical (unpaired) electrons. The van der Waals surface area contributed by atoms with Crippen LogP contribution < -0.4 is 9.04 Å². The zero-order chi connectivity index (χ0) is 19.3. The quantitative estimate of drug-likeness (QED) is 0.610. The molecule has 0 heterocycles. The second-order valence-electron chi connectivity index (χ2n) is 5.09. The molecule has 0 amide bonds. The molecule has 2 aromatic carbocycles. The molecule has 0 fully saturated rings. The van der Waals surface area contributed by atoms with Crippen molar-refractivity contribution in [2.24, 2.45) is 0 Å². The smallest absolute Gasteiger partial charge is 0.326 e. The molecule has 0 spiro atoms. The maximum absolute atomic E-state index is 13.2. The van der Waals surface area contributed by atoms with Crippen LogP contribution in [0.3, 0.4) is 0 Å². The van der Waals surface area contributed by atoms with Crippen molar-refractivity contribution in [3.8, 4) is 5.75 Å². The number of carbonyl (C=O) groups excluding carboxylic acids is 1. The van der Waals surface area contributed by atoms with Gasteiger partial charge in [0, 0.05) is 0 Å². The standard InChI is InChI=1S/C17H17BrFNO5S/c1-3-25-17(21)11-20(13-6-4-12(19)5-7-13)26(22,23)14-8-9-16(24-2)15(18)10-14/h4-10H,3,11H2,1-2H3. The Hall–Kier alpha value is -2.13. The summed E-state index contributed by atoms with van der Waals surface area (Å²) in [4.78, 5) is 11.9. The molecule has 2 aromatic rings. The Balaban J connectivity index is 2.49. The topological polar surface area (TPSA) is 72.9 Å². The molecule has 0 aliphatic heterocycles. The minimum absolute atomic E-state index is 0.0567. The molecule has 0 aromatic heterocycles. The molecule has 0 aliphatic carbocycles. The van der Waals surface area contributed by atoms with Gasteiger partial charge in [0.2, 0.25) is 0 Å². The molecule has 26 heavy (non-hydrogen) atoms. The third-order valence-electron chi connectivity index (χ3n) is 3.40. The highest BCUT2D eigenvalue weighted by Crippen LogP contribution is 2.30. The van der Waals surface area contributed by atoms with Gasteiger partial charge in [-0.3, -0.25) is 9.10 Å². The molecular weight excluding hydrogens is 429 g/mol. The summed E-state index contributed by atoms with van der Waals surface area (Å²) in [5.41, 5.74) is 0.145. The lowest BCUT2D eigenvalue weighted by atomic mass is 10.3. The van der Waals surface area contributed by atoms with E-state index in [1.807, 2.05) is 0 Å². The van der Waals surface area contributed by atoms with Gasteiger partial charge in [-0.05, 0) is 65.3 Å². The summed E-state index contributed by atoms with van der Waals surface area (Å²) in [5.74, 6) is -0.773. The normalized spacial score (nSPS) is 11.1. The fourth-order valence-corrected chi connectivity index (χ4v) is 4.31. The van der Waals surface area contributed by atoms with Gasteiger partial charge in [-0.25, -0.2) is 12.8 Å². The van der Waals surface area contributed by atoms with E-state index in [0.717, 1.165) is 16.4 Å². The summed E-state index contributed by atoms with van der Waals surface area (Å²) in [6, 6.07) is 9.02. The number of esters is 1. The van der Waals surface area contributed by atoms with Gasteiger partial charge in [0.1, 0.15) is 18.1 Å². The van der Waals surface area contributed by atoms with Gasteiger partial charge >= 0.3 is 5.97 Å². The number of ether oxygens (including phenoxy) is 2. The maximum Gasteiger partial charge on any atom is 0.326 e. The van der Waals surface area contributed by atoms with Gasteiger partial charge in [0.15, 0.2) is 0 Å². The van der Waals surface area contributed by atoms with Crippen molar-refractivity contribution in [1.82, 2.24) is 0 Å². The lowest BCUT2D eigenvalue weighted by Crippen LogP contribution is -2.36. The maximum atomic E-state index is 13.2. The lowest BCUT2D eigenvalue weighted by molar-refractivity contribution is -0.141. The molecule has 0 atom stereocenters. The van der Waals surface area contributed by atoms with Gasteiger partial charge in [-0.15, -0.1) is 0 Å². The second-order valence-corrected chi connectivity index (χ2v) is 7.81.